The van der Waals surface area contributed by atoms with Gasteiger partial charge in [-0.05, 0) is 37.9 Å². The zero-order valence-electron chi connectivity index (χ0n) is 13.5. The smallest absolute Gasteiger partial charge is 0.0826 e. The molecule has 122 valence electrons. The van der Waals surface area contributed by atoms with Gasteiger partial charge in [0.1, 0.15) is 0 Å². The van der Waals surface area contributed by atoms with Crippen molar-refractivity contribution in [2.75, 3.05) is 39.3 Å². The van der Waals surface area contributed by atoms with Crippen LogP contribution in [0.2, 0.25) is 0 Å². The molecule has 0 saturated carbocycles. The lowest BCUT2D eigenvalue weighted by molar-refractivity contribution is -0.0311. The quantitative estimate of drug-likeness (QED) is 0.867. The maximum Gasteiger partial charge on any atom is 0.0826 e. The number of morpholine rings is 1. The van der Waals surface area contributed by atoms with E-state index in [4.69, 9.17) is 4.74 Å². The Labute approximate surface area is 134 Å². The average molecular weight is 303 g/mol. The Bertz CT molecular complexity index is 418. The fraction of sp³-hybridized carbons (Fsp3) is 0.667. The number of nitrogens with zero attached hydrogens (tertiary/aromatic N) is 1. The summed E-state index contributed by atoms with van der Waals surface area (Å²) in [6, 6.07) is 11.4. The van der Waals surface area contributed by atoms with Gasteiger partial charge in [0.25, 0.3) is 0 Å². The minimum atomic E-state index is 0.327. The Morgan fingerprint density at radius 1 is 1.18 bits per heavy atom. The molecule has 2 aliphatic rings. The maximum absolute atomic E-state index is 5.95. The summed E-state index contributed by atoms with van der Waals surface area (Å²) in [5.41, 5.74) is 1.39. The Kier molecular flexibility index (Phi) is 6.25. The largest absolute Gasteiger partial charge is 0.374 e. The van der Waals surface area contributed by atoms with Crippen LogP contribution in [0.4, 0.5) is 0 Å². The molecule has 0 aliphatic carbocycles. The van der Waals surface area contributed by atoms with Gasteiger partial charge in [-0.15, -0.1) is 0 Å². The van der Waals surface area contributed by atoms with Crippen LogP contribution in [0.15, 0.2) is 30.3 Å². The predicted octanol–water partition coefficient (Wildman–Crippen LogP) is 1.62. The van der Waals surface area contributed by atoms with Crippen molar-refractivity contribution in [1.29, 1.82) is 0 Å². The van der Waals surface area contributed by atoms with Gasteiger partial charge in [-0.1, -0.05) is 30.3 Å². The van der Waals surface area contributed by atoms with Crippen LogP contribution in [-0.4, -0.2) is 56.4 Å². The lowest BCUT2D eigenvalue weighted by Gasteiger charge is -2.34. The molecule has 3 rings (SSSR count). The van der Waals surface area contributed by atoms with Crippen molar-refractivity contribution < 1.29 is 4.74 Å². The van der Waals surface area contributed by atoms with Gasteiger partial charge in [0, 0.05) is 32.2 Å². The zero-order chi connectivity index (χ0) is 15.0. The van der Waals surface area contributed by atoms with Gasteiger partial charge < -0.3 is 15.4 Å². The summed E-state index contributed by atoms with van der Waals surface area (Å²) in [6.45, 7) is 7.26. The molecule has 2 N–H and O–H groups in total. The van der Waals surface area contributed by atoms with Crippen LogP contribution in [0.5, 0.6) is 0 Å². The third kappa shape index (κ3) is 5.06. The van der Waals surface area contributed by atoms with Crippen LogP contribution >= 0.6 is 0 Å². The predicted molar refractivity (Wildman–Crippen MR) is 90.0 cm³/mol. The highest BCUT2D eigenvalue weighted by molar-refractivity contribution is 5.14. The Hall–Kier alpha value is -0.940. The highest BCUT2D eigenvalue weighted by Crippen LogP contribution is 2.11. The summed E-state index contributed by atoms with van der Waals surface area (Å²) in [4.78, 5) is 2.51. The van der Waals surface area contributed by atoms with E-state index in [1.807, 2.05) is 0 Å². The molecule has 1 aromatic carbocycles. The van der Waals surface area contributed by atoms with Crippen molar-refractivity contribution in [1.82, 2.24) is 15.5 Å². The fourth-order valence-corrected chi connectivity index (χ4v) is 3.41. The van der Waals surface area contributed by atoms with E-state index in [1.54, 1.807) is 0 Å². The second-order valence-electron chi connectivity index (χ2n) is 6.50. The molecule has 2 saturated heterocycles. The lowest BCUT2D eigenvalue weighted by atomic mass is 10.1. The first-order valence-electron chi connectivity index (χ1n) is 8.72. The Morgan fingerprint density at radius 3 is 3.00 bits per heavy atom. The summed E-state index contributed by atoms with van der Waals surface area (Å²) in [7, 11) is 0. The second-order valence-corrected chi connectivity index (χ2v) is 6.50. The summed E-state index contributed by atoms with van der Waals surface area (Å²) < 4.78 is 5.95. The summed E-state index contributed by atoms with van der Waals surface area (Å²) in [6.07, 6.45) is 4.13. The molecule has 4 heteroatoms. The molecular formula is C18H29N3O. The topological polar surface area (TPSA) is 36.5 Å². The van der Waals surface area contributed by atoms with Gasteiger partial charge in [0.2, 0.25) is 0 Å². The van der Waals surface area contributed by atoms with Gasteiger partial charge >= 0.3 is 0 Å². The minimum Gasteiger partial charge on any atom is -0.374 e. The molecule has 22 heavy (non-hydrogen) atoms. The molecule has 0 aromatic heterocycles. The van der Waals surface area contributed by atoms with E-state index in [0.29, 0.717) is 12.1 Å². The van der Waals surface area contributed by atoms with Gasteiger partial charge in [-0.3, -0.25) is 4.90 Å². The molecular weight excluding hydrogens is 274 g/mol. The van der Waals surface area contributed by atoms with E-state index >= 15 is 0 Å². The number of nitrogens with one attached hydrogen (secondary N) is 2. The number of rotatable bonds is 5. The first kappa shape index (κ1) is 15.9. The fourth-order valence-electron chi connectivity index (χ4n) is 3.41. The molecule has 0 spiro atoms. The first-order chi connectivity index (χ1) is 10.9. The van der Waals surface area contributed by atoms with Crippen molar-refractivity contribution >= 4 is 0 Å². The van der Waals surface area contributed by atoms with Crippen LogP contribution in [0.1, 0.15) is 24.8 Å². The Morgan fingerprint density at radius 2 is 2.09 bits per heavy atom. The van der Waals surface area contributed by atoms with E-state index in [1.165, 1.54) is 31.4 Å². The first-order valence-corrected chi connectivity index (χ1v) is 8.72. The second kappa shape index (κ2) is 8.63. The van der Waals surface area contributed by atoms with Crippen molar-refractivity contribution in [3.63, 3.8) is 0 Å². The monoisotopic (exact) mass is 303 g/mol. The third-order valence-electron chi connectivity index (χ3n) is 4.68. The van der Waals surface area contributed by atoms with Crippen LogP contribution < -0.4 is 10.6 Å². The molecule has 2 atom stereocenters. The van der Waals surface area contributed by atoms with E-state index in [-0.39, 0.29) is 0 Å². The highest BCUT2D eigenvalue weighted by Gasteiger charge is 2.21. The van der Waals surface area contributed by atoms with Crippen molar-refractivity contribution in [2.45, 2.75) is 38.0 Å². The van der Waals surface area contributed by atoms with Gasteiger partial charge in [-0.2, -0.15) is 0 Å². The van der Waals surface area contributed by atoms with Gasteiger partial charge in [0.15, 0.2) is 0 Å². The molecule has 1 aromatic rings. The number of hydrogen-bond donors (Lipinski definition) is 2. The van der Waals surface area contributed by atoms with Crippen LogP contribution in [-0.2, 0) is 11.3 Å². The normalized spacial score (nSPS) is 27.5. The number of ether oxygens (including phenoxy) is 1. The zero-order valence-corrected chi connectivity index (χ0v) is 13.5. The molecule has 2 fully saturated rings. The molecule has 0 bridgehead atoms. The van der Waals surface area contributed by atoms with E-state index in [2.05, 4.69) is 45.9 Å². The average Bonchev–Trinajstić information content (AvgIpc) is 2.83. The summed E-state index contributed by atoms with van der Waals surface area (Å²) >= 11 is 0. The van der Waals surface area contributed by atoms with Crippen LogP contribution in [0, 0.1) is 0 Å². The van der Waals surface area contributed by atoms with E-state index in [9.17, 15) is 0 Å². The van der Waals surface area contributed by atoms with Crippen LogP contribution in [0.25, 0.3) is 0 Å². The highest BCUT2D eigenvalue weighted by atomic mass is 16.5. The minimum absolute atomic E-state index is 0.327. The molecule has 2 aliphatic heterocycles. The SMILES string of the molecule is c1ccc(CN2CCOC(CNC3CCCNCC3)C2)cc1. The summed E-state index contributed by atoms with van der Waals surface area (Å²) in [5, 5.41) is 7.19. The molecule has 0 amide bonds. The van der Waals surface area contributed by atoms with Crippen molar-refractivity contribution in [3.05, 3.63) is 35.9 Å². The van der Waals surface area contributed by atoms with Crippen molar-refractivity contribution in [3.8, 4) is 0 Å². The summed E-state index contributed by atoms with van der Waals surface area (Å²) in [5.74, 6) is 0. The van der Waals surface area contributed by atoms with Gasteiger partial charge in [0.05, 0.1) is 12.7 Å². The standard InChI is InChI=1S/C18H29N3O/c1-2-5-16(6-3-1)14-21-11-12-22-18(15-21)13-20-17-7-4-9-19-10-8-17/h1-3,5-6,17-20H,4,7-15H2. The molecule has 2 unspecified atom stereocenters. The number of benzene rings is 1. The van der Waals surface area contributed by atoms with Crippen molar-refractivity contribution in [2.24, 2.45) is 0 Å². The maximum atomic E-state index is 5.95. The molecule has 2 heterocycles. The van der Waals surface area contributed by atoms with Crippen LogP contribution in [0.3, 0.4) is 0 Å². The van der Waals surface area contributed by atoms with E-state index in [0.717, 1.165) is 39.3 Å². The molecule has 4 nitrogen and oxygen atoms in total. The Balaban J connectivity index is 1.42. The van der Waals surface area contributed by atoms with Gasteiger partial charge in [-0.25, -0.2) is 0 Å². The number of hydrogen-bond acceptors (Lipinski definition) is 4. The van der Waals surface area contributed by atoms with E-state index < -0.39 is 0 Å². The molecule has 0 radical (unpaired) electrons. The lowest BCUT2D eigenvalue weighted by Crippen LogP contribution is -2.48. The third-order valence-corrected chi connectivity index (χ3v) is 4.68.